The number of amides is 1. The van der Waals surface area contributed by atoms with Gasteiger partial charge < -0.3 is 10.2 Å². The summed E-state index contributed by atoms with van der Waals surface area (Å²) >= 11 is 0. The Kier molecular flexibility index (Phi) is 4.81. The predicted molar refractivity (Wildman–Crippen MR) is 103 cm³/mol. The third-order valence-corrected chi connectivity index (χ3v) is 5.87. The molecule has 26 heavy (non-hydrogen) atoms. The molecule has 1 fully saturated rings. The average molecular weight is 352 g/mol. The fourth-order valence-corrected chi connectivity index (χ4v) is 4.39. The molecule has 4 rings (SSSR count). The monoisotopic (exact) mass is 352 g/mol. The Morgan fingerprint density at radius 1 is 1.23 bits per heavy atom. The first kappa shape index (κ1) is 17.3. The van der Waals surface area contributed by atoms with Gasteiger partial charge in [0, 0.05) is 24.3 Å². The standard InChI is InChI=1S/C21H28N4O/c1-15-6-3-4-8-18(15)25-19-9-5-7-17(19)20(23-25)21(26)24-12-10-16(11-13-24)14-22-2/h3-4,6,8,16,22H,5,7,9-14H2,1-2H3. The molecule has 2 heterocycles. The minimum absolute atomic E-state index is 0.124. The Bertz CT molecular complexity index is 802. The molecule has 1 aliphatic carbocycles. The molecule has 1 aliphatic heterocycles. The van der Waals surface area contributed by atoms with E-state index < -0.39 is 0 Å². The molecule has 0 spiro atoms. The fourth-order valence-electron chi connectivity index (χ4n) is 4.39. The van der Waals surface area contributed by atoms with Crippen molar-refractivity contribution in [3.8, 4) is 5.69 Å². The zero-order chi connectivity index (χ0) is 18.1. The van der Waals surface area contributed by atoms with Crippen molar-refractivity contribution in [3.05, 3.63) is 46.8 Å². The number of nitrogens with one attached hydrogen (secondary N) is 1. The molecule has 0 atom stereocenters. The zero-order valence-electron chi connectivity index (χ0n) is 15.8. The summed E-state index contributed by atoms with van der Waals surface area (Å²) in [5, 5.41) is 8.06. The first-order valence-corrected chi connectivity index (χ1v) is 9.79. The number of carbonyl (C=O) groups is 1. The highest BCUT2D eigenvalue weighted by molar-refractivity contribution is 5.94. The number of likely N-dealkylation sites (tertiary alicyclic amines) is 1. The number of piperidine rings is 1. The lowest BCUT2D eigenvalue weighted by atomic mass is 9.96. The van der Waals surface area contributed by atoms with Crippen LogP contribution in [0.3, 0.4) is 0 Å². The van der Waals surface area contributed by atoms with Gasteiger partial charge in [-0.3, -0.25) is 4.79 Å². The molecule has 2 aliphatic rings. The number of nitrogens with zero attached hydrogens (tertiary/aromatic N) is 3. The first-order chi connectivity index (χ1) is 12.7. The molecule has 1 saturated heterocycles. The molecule has 5 heteroatoms. The molecule has 5 nitrogen and oxygen atoms in total. The second kappa shape index (κ2) is 7.23. The molecule has 138 valence electrons. The number of aromatic nitrogens is 2. The highest BCUT2D eigenvalue weighted by Crippen LogP contribution is 2.30. The summed E-state index contributed by atoms with van der Waals surface area (Å²) in [5.41, 5.74) is 5.38. The van der Waals surface area contributed by atoms with Crippen LogP contribution >= 0.6 is 0 Å². The van der Waals surface area contributed by atoms with E-state index in [1.165, 1.54) is 16.8 Å². The van der Waals surface area contributed by atoms with E-state index in [-0.39, 0.29) is 5.91 Å². The molecule has 0 unspecified atom stereocenters. The lowest BCUT2D eigenvalue weighted by Gasteiger charge is -2.31. The minimum atomic E-state index is 0.124. The van der Waals surface area contributed by atoms with Gasteiger partial charge in [-0.2, -0.15) is 5.10 Å². The molecular weight excluding hydrogens is 324 g/mol. The summed E-state index contributed by atoms with van der Waals surface area (Å²) in [6, 6.07) is 8.29. The van der Waals surface area contributed by atoms with Crippen LogP contribution < -0.4 is 5.32 Å². The number of fused-ring (bicyclic) bond motifs is 1. The van der Waals surface area contributed by atoms with Crippen molar-refractivity contribution >= 4 is 5.91 Å². The third kappa shape index (κ3) is 3.05. The highest BCUT2D eigenvalue weighted by Gasteiger charge is 2.31. The van der Waals surface area contributed by atoms with Gasteiger partial charge in [0.1, 0.15) is 0 Å². The van der Waals surface area contributed by atoms with Crippen molar-refractivity contribution < 1.29 is 4.79 Å². The van der Waals surface area contributed by atoms with E-state index >= 15 is 0 Å². The van der Waals surface area contributed by atoms with Gasteiger partial charge in [0.25, 0.3) is 5.91 Å². The van der Waals surface area contributed by atoms with Crippen LogP contribution in [-0.2, 0) is 12.8 Å². The summed E-state index contributed by atoms with van der Waals surface area (Å²) in [4.78, 5) is 15.2. The predicted octanol–water partition coefficient (Wildman–Crippen LogP) is 2.74. The number of hydrogen-bond acceptors (Lipinski definition) is 3. The largest absolute Gasteiger partial charge is 0.337 e. The lowest BCUT2D eigenvalue weighted by molar-refractivity contribution is 0.0683. The van der Waals surface area contributed by atoms with Crippen molar-refractivity contribution in [2.45, 2.75) is 39.0 Å². The maximum atomic E-state index is 13.2. The Morgan fingerprint density at radius 2 is 2.00 bits per heavy atom. The van der Waals surface area contributed by atoms with Crippen molar-refractivity contribution in [3.63, 3.8) is 0 Å². The zero-order valence-corrected chi connectivity index (χ0v) is 15.8. The fraction of sp³-hybridized carbons (Fsp3) is 0.524. The molecule has 0 radical (unpaired) electrons. The summed E-state index contributed by atoms with van der Waals surface area (Å²) in [6.07, 6.45) is 5.25. The van der Waals surface area contributed by atoms with Gasteiger partial charge in [0.2, 0.25) is 0 Å². The second-order valence-corrected chi connectivity index (χ2v) is 7.62. The quantitative estimate of drug-likeness (QED) is 0.920. The minimum Gasteiger partial charge on any atom is -0.337 e. The van der Waals surface area contributed by atoms with E-state index in [4.69, 9.17) is 5.10 Å². The van der Waals surface area contributed by atoms with Crippen LogP contribution in [-0.4, -0.2) is 47.3 Å². The van der Waals surface area contributed by atoms with Crippen LogP contribution in [0.1, 0.15) is 46.6 Å². The summed E-state index contributed by atoms with van der Waals surface area (Å²) in [7, 11) is 2.00. The van der Waals surface area contributed by atoms with Gasteiger partial charge in [-0.1, -0.05) is 18.2 Å². The molecule has 2 aromatic rings. The molecule has 1 aromatic heterocycles. The molecule has 0 saturated carbocycles. The number of benzene rings is 1. The van der Waals surface area contributed by atoms with E-state index in [2.05, 4.69) is 24.4 Å². The molecule has 0 bridgehead atoms. The van der Waals surface area contributed by atoms with Gasteiger partial charge in [0.15, 0.2) is 5.69 Å². The molecule has 1 aromatic carbocycles. The maximum absolute atomic E-state index is 13.2. The van der Waals surface area contributed by atoms with Crippen LogP contribution in [0.5, 0.6) is 0 Å². The van der Waals surface area contributed by atoms with Gasteiger partial charge in [-0.15, -0.1) is 0 Å². The van der Waals surface area contributed by atoms with E-state index in [0.717, 1.165) is 57.4 Å². The van der Waals surface area contributed by atoms with Gasteiger partial charge in [-0.05, 0) is 70.2 Å². The topological polar surface area (TPSA) is 50.2 Å². The molecular formula is C21H28N4O. The number of para-hydroxylation sites is 1. The summed E-state index contributed by atoms with van der Waals surface area (Å²) < 4.78 is 2.03. The van der Waals surface area contributed by atoms with Crippen molar-refractivity contribution in [2.75, 3.05) is 26.7 Å². The van der Waals surface area contributed by atoms with Crippen LogP contribution in [0.15, 0.2) is 24.3 Å². The Labute approximate surface area is 155 Å². The maximum Gasteiger partial charge on any atom is 0.274 e. The van der Waals surface area contributed by atoms with Crippen LogP contribution in [0.2, 0.25) is 0 Å². The van der Waals surface area contributed by atoms with E-state index in [1.807, 2.05) is 28.8 Å². The summed E-state index contributed by atoms with van der Waals surface area (Å²) in [6.45, 7) is 4.83. The summed E-state index contributed by atoms with van der Waals surface area (Å²) in [5.74, 6) is 0.803. The van der Waals surface area contributed by atoms with Crippen LogP contribution in [0.25, 0.3) is 5.69 Å². The van der Waals surface area contributed by atoms with Gasteiger partial charge in [-0.25, -0.2) is 4.68 Å². The normalized spacial score (nSPS) is 17.5. The SMILES string of the molecule is CNCC1CCN(C(=O)c2nn(-c3ccccc3C)c3c2CCC3)CC1. The Balaban J connectivity index is 1.61. The highest BCUT2D eigenvalue weighted by atomic mass is 16.2. The van der Waals surface area contributed by atoms with Crippen LogP contribution in [0, 0.1) is 12.8 Å². The van der Waals surface area contributed by atoms with Gasteiger partial charge >= 0.3 is 0 Å². The first-order valence-electron chi connectivity index (χ1n) is 9.79. The number of aryl methyl sites for hydroxylation is 1. The molecule has 1 amide bonds. The third-order valence-electron chi connectivity index (χ3n) is 5.87. The van der Waals surface area contributed by atoms with E-state index in [0.29, 0.717) is 11.6 Å². The van der Waals surface area contributed by atoms with E-state index in [9.17, 15) is 4.79 Å². The molecule has 1 N–H and O–H groups in total. The van der Waals surface area contributed by atoms with Crippen molar-refractivity contribution in [1.29, 1.82) is 0 Å². The van der Waals surface area contributed by atoms with Gasteiger partial charge in [0.05, 0.1) is 5.69 Å². The second-order valence-electron chi connectivity index (χ2n) is 7.62. The van der Waals surface area contributed by atoms with Crippen LogP contribution in [0.4, 0.5) is 0 Å². The average Bonchev–Trinajstić information content (AvgIpc) is 3.25. The van der Waals surface area contributed by atoms with E-state index in [1.54, 1.807) is 0 Å². The van der Waals surface area contributed by atoms with Crippen molar-refractivity contribution in [1.82, 2.24) is 20.0 Å². The Morgan fingerprint density at radius 3 is 2.73 bits per heavy atom. The number of carbonyl (C=O) groups excluding carboxylic acids is 1. The number of hydrogen-bond donors (Lipinski definition) is 1. The van der Waals surface area contributed by atoms with Crippen molar-refractivity contribution in [2.24, 2.45) is 5.92 Å². The smallest absolute Gasteiger partial charge is 0.274 e. The lowest BCUT2D eigenvalue weighted by Crippen LogP contribution is -2.40. The Hall–Kier alpha value is -2.14. The number of rotatable bonds is 4.